The van der Waals surface area contributed by atoms with Crippen LogP contribution >= 0.6 is 11.3 Å². The number of imidazole rings is 1. The van der Waals surface area contributed by atoms with E-state index in [1.807, 2.05) is 0 Å². The van der Waals surface area contributed by atoms with Crippen molar-refractivity contribution in [3.8, 4) is 10.6 Å². The molecule has 5 aromatic heterocycles. The molecule has 0 saturated carbocycles. The molecule has 0 fully saturated rings. The lowest BCUT2D eigenvalue weighted by molar-refractivity contribution is -0.141. The van der Waals surface area contributed by atoms with Crippen molar-refractivity contribution in [1.82, 2.24) is 33.8 Å². The van der Waals surface area contributed by atoms with Crippen LogP contribution in [0.15, 0.2) is 44.1 Å². The van der Waals surface area contributed by atoms with Gasteiger partial charge in [-0.15, -0.1) is 11.3 Å². The minimum Gasteiger partial charge on any atom is -0.361 e. The molecule has 0 aliphatic carbocycles. The zero-order valence-electron chi connectivity index (χ0n) is 21.5. The molecular formula is C24H21F3N8O4S. The van der Waals surface area contributed by atoms with Crippen LogP contribution in [-0.4, -0.2) is 39.7 Å². The fraction of sp³-hybridized carbons (Fsp3) is 0.292. The summed E-state index contributed by atoms with van der Waals surface area (Å²) in [6.07, 6.45) is -2.19. The Hall–Kier alpha value is -4.60. The number of halogens is 3. The molecule has 208 valence electrons. The third-order valence-corrected chi connectivity index (χ3v) is 7.09. The van der Waals surface area contributed by atoms with Crippen molar-refractivity contribution >= 4 is 34.2 Å². The first-order valence-electron chi connectivity index (χ1n) is 11.7. The lowest BCUT2D eigenvalue weighted by Gasteiger charge is -2.14. The number of amides is 1. The molecule has 40 heavy (non-hydrogen) atoms. The number of aryl methyl sites for hydroxylation is 3. The molecule has 0 saturated heterocycles. The molecule has 5 rings (SSSR count). The van der Waals surface area contributed by atoms with Crippen LogP contribution in [0.1, 0.15) is 35.7 Å². The summed E-state index contributed by atoms with van der Waals surface area (Å²) >= 11 is 1.12. The highest BCUT2D eigenvalue weighted by Crippen LogP contribution is 2.33. The Kier molecular flexibility index (Phi) is 6.65. The minimum atomic E-state index is -4.57. The van der Waals surface area contributed by atoms with E-state index in [1.165, 1.54) is 40.9 Å². The van der Waals surface area contributed by atoms with E-state index in [2.05, 4.69) is 25.4 Å². The van der Waals surface area contributed by atoms with Crippen LogP contribution in [-0.2, 0) is 24.6 Å². The molecule has 0 radical (unpaired) electrons. The summed E-state index contributed by atoms with van der Waals surface area (Å²) in [5.41, 5.74) is -1.40. The predicted octanol–water partition coefficient (Wildman–Crippen LogP) is 3.29. The molecule has 1 atom stereocenters. The highest BCUT2D eigenvalue weighted by Gasteiger charge is 2.34. The van der Waals surface area contributed by atoms with Gasteiger partial charge in [-0.25, -0.2) is 14.8 Å². The standard InChI is InChI=1S/C24H21F3N8O4S/c1-11-5-14(7-28-18(11)24(25,26)27)21-31-16(9-40-21)30-20(36)13(3)35-10-29-19-17(35)22(37)34(23(38)33(19)4)8-15-6-12(2)39-32-15/h5-7,9-10,13H,8H2,1-4H3,(H,30,36). The van der Waals surface area contributed by atoms with Gasteiger partial charge in [0.25, 0.3) is 5.56 Å². The van der Waals surface area contributed by atoms with E-state index in [0.717, 1.165) is 22.1 Å². The van der Waals surface area contributed by atoms with E-state index in [1.54, 1.807) is 19.9 Å². The van der Waals surface area contributed by atoms with Crippen LogP contribution in [0.4, 0.5) is 19.0 Å². The Balaban J connectivity index is 1.41. The number of pyridine rings is 1. The second kappa shape index (κ2) is 9.86. The molecular weight excluding hydrogens is 553 g/mol. The highest BCUT2D eigenvalue weighted by atomic mass is 32.1. The zero-order chi connectivity index (χ0) is 28.9. The Morgan fingerprint density at radius 1 is 1.20 bits per heavy atom. The molecule has 0 aliphatic rings. The van der Waals surface area contributed by atoms with E-state index < -0.39 is 35.1 Å². The first-order valence-corrected chi connectivity index (χ1v) is 12.6. The summed E-state index contributed by atoms with van der Waals surface area (Å²) in [5.74, 6) is 0.154. The van der Waals surface area contributed by atoms with Crippen molar-refractivity contribution in [2.75, 3.05) is 5.32 Å². The number of aromatic nitrogens is 7. The van der Waals surface area contributed by atoms with Crippen molar-refractivity contribution in [2.24, 2.45) is 7.05 Å². The van der Waals surface area contributed by atoms with Crippen molar-refractivity contribution < 1.29 is 22.5 Å². The Morgan fingerprint density at radius 3 is 2.60 bits per heavy atom. The molecule has 1 N–H and O–H groups in total. The second-order valence-electron chi connectivity index (χ2n) is 9.08. The topological polar surface area (TPSA) is 143 Å². The van der Waals surface area contributed by atoms with E-state index in [0.29, 0.717) is 22.0 Å². The van der Waals surface area contributed by atoms with Crippen LogP contribution in [0.2, 0.25) is 0 Å². The maximum atomic E-state index is 13.4. The molecule has 1 amide bonds. The first kappa shape index (κ1) is 27.0. The minimum absolute atomic E-state index is 0.0373. The first-order chi connectivity index (χ1) is 18.8. The second-order valence-corrected chi connectivity index (χ2v) is 9.93. The van der Waals surface area contributed by atoms with Crippen LogP contribution in [0.3, 0.4) is 0 Å². The van der Waals surface area contributed by atoms with Crippen LogP contribution in [0, 0.1) is 13.8 Å². The van der Waals surface area contributed by atoms with Gasteiger partial charge in [0.1, 0.15) is 34.0 Å². The number of hydrogen-bond donors (Lipinski definition) is 1. The third-order valence-electron chi connectivity index (χ3n) is 6.20. The number of carbonyl (C=O) groups excluding carboxylic acids is 1. The zero-order valence-corrected chi connectivity index (χ0v) is 22.3. The SMILES string of the molecule is Cc1cc(Cn2c(=O)c3c(ncn3C(C)C(=O)Nc3csc(-c4cnc(C(F)(F)F)c(C)c4)n3)n(C)c2=O)no1. The van der Waals surface area contributed by atoms with Crippen LogP contribution < -0.4 is 16.6 Å². The van der Waals surface area contributed by atoms with Crippen molar-refractivity contribution in [3.05, 3.63) is 73.6 Å². The number of rotatable bonds is 6. The summed E-state index contributed by atoms with van der Waals surface area (Å²) in [4.78, 5) is 51.3. The van der Waals surface area contributed by atoms with Gasteiger partial charge >= 0.3 is 11.9 Å². The van der Waals surface area contributed by atoms with Crippen LogP contribution in [0.25, 0.3) is 21.7 Å². The van der Waals surface area contributed by atoms with Crippen molar-refractivity contribution in [3.63, 3.8) is 0 Å². The molecule has 0 bridgehead atoms. The number of hydrogen-bond acceptors (Lipinski definition) is 9. The number of thiazole rings is 1. The van der Waals surface area contributed by atoms with Gasteiger partial charge < -0.3 is 14.4 Å². The number of fused-ring (bicyclic) bond motifs is 1. The van der Waals surface area contributed by atoms with Gasteiger partial charge in [-0.05, 0) is 32.4 Å². The summed E-state index contributed by atoms with van der Waals surface area (Å²) in [7, 11) is 1.46. The van der Waals surface area contributed by atoms with E-state index in [4.69, 9.17) is 4.52 Å². The fourth-order valence-electron chi connectivity index (χ4n) is 4.19. The van der Waals surface area contributed by atoms with Gasteiger partial charge in [0, 0.05) is 30.3 Å². The van der Waals surface area contributed by atoms with E-state index in [9.17, 15) is 27.6 Å². The number of nitrogens with one attached hydrogen (secondary N) is 1. The van der Waals surface area contributed by atoms with Gasteiger partial charge in [-0.2, -0.15) is 13.2 Å². The number of anilines is 1. The fourth-order valence-corrected chi connectivity index (χ4v) is 4.92. The molecule has 5 aromatic rings. The summed E-state index contributed by atoms with van der Waals surface area (Å²) in [6, 6.07) is 1.99. The molecule has 12 nitrogen and oxygen atoms in total. The maximum absolute atomic E-state index is 13.4. The number of carbonyl (C=O) groups is 1. The molecule has 1 unspecified atom stereocenters. The Bertz CT molecular complexity index is 1880. The van der Waals surface area contributed by atoms with Crippen molar-refractivity contribution in [2.45, 2.75) is 39.5 Å². The maximum Gasteiger partial charge on any atom is 0.433 e. The summed E-state index contributed by atoms with van der Waals surface area (Å²) < 4.78 is 47.7. The Morgan fingerprint density at radius 2 is 1.95 bits per heavy atom. The molecule has 0 aromatic carbocycles. The van der Waals surface area contributed by atoms with Gasteiger partial charge in [0.2, 0.25) is 5.91 Å². The normalized spacial score (nSPS) is 12.7. The van der Waals surface area contributed by atoms with Crippen molar-refractivity contribution in [1.29, 1.82) is 0 Å². The van der Waals surface area contributed by atoms with Gasteiger partial charge in [0.15, 0.2) is 11.2 Å². The Labute approximate surface area is 226 Å². The molecule has 0 spiro atoms. The summed E-state index contributed by atoms with van der Waals surface area (Å²) in [5, 5.41) is 8.39. The van der Waals surface area contributed by atoms with Gasteiger partial charge in [-0.3, -0.25) is 23.7 Å². The van der Waals surface area contributed by atoms with E-state index in [-0.39, 0.29) is 29.1 Å². The van der Waals surface area contributed by atoms with Crippen LogP contribution in [0.5, 0.6) is 0 Å². The average Bonchev–Trinajstić information content (AvgIpc) is 3.64. The highest BCUT2D eigenvalue weighted by molar-refractivity contribution is 7.13. The number of alkyl halides is 3. The third kappa shape index (κ3) is 4.81. The van der Waals surface area contributed by atoms with Gasteiger partial charge in [0.05, 0.1) is 12.9 Å². The average molecular weight is 575 g/mol. The predicted molar refractivity (Wildman–Crippen MR) is 138 cm³/mol. The molecule has 0 aliphatic heterocycles. The lowest BCUT2D eigenvalue weighted by atomic mass is 10.1. The molecule has 5 heterocycles. The largest absolute Gasteiger partial charge is 0.433 e. The molecule has 16 heteroatoms. The lowest BCUT2D eigenvalue weighted by Crippen LogP contribution is -2.40. The smallest absolute Gasteiger partial charge is 0.361 e. The quantitative estimate of drug-likeness (QED) is 0.326. The van der Waals surface area contributed by atoms with E-state index >= 15 is 0 Å². The summed E-state index contributed by atoms with van der Waals surface area (Å²) in [6.45, 7) is 4.40. The van der Waals surface area contributed by atoms with Gasteiger partial charge in [-0.1, -0.05) is 5.16 Å². The number of nitrogens with zero attached hydrogens (tertiary/aromatic N) is 7. The monoisotopic (exact) mass is 574 g/mol.